The summed E-state index contributed by atoms with van der Waals surface area (Å²) in [7, 11) is 0. The molecule has 2 bridgehead atoms. The van der Waals surface area contributed by atoms with Crippen molar-refractivity contribution in [2.45, 2.75) is 38.8 Å². The summed E-state index contributed by atoms with van der Waals surface area (Å²) in [4.78, 5) is 7.06. The van der Waals surface area contributed by atoms with Gasteiger partial charge in [-0.3, -0.25) is 4.90 Å². The smallest absolute Gasteiger partial charge is 0.0951 e. The standard InChI is InChI=1S/C19H25N3/c1-2-5-16(6-3-1)13-22-15-20-10-19(22)14-21-11-17-7-4-8-18(9-17)12-21/h1-3,5-6,10,15,17-18H,4,7-9,11-14H2/t17-,18-/m1/s1. The van der Waals surface area contributed by atoms with Gasteiger partial charge in [-0.05, 0) is 36.7 Å². The molecule has 1 aliphatic carbocycles. The van der Waals surface area contributed by atoms with Crippen LogP contribution in [0.5, 0.6) is 0 Å². The largest absolute Gasteiger partial charge is 0.329 e. The number of nitrogens with zero attached hydrogens (tertiary/aromatic N) is 3. The maximum absolute atomic E-state index is 4.39. The Bertz CT molecular complexity index is 592. The zero-order valence-electron chi connectivity index (χ0n) is 13.2. The lowest BCUT2D eigenvalue weighted by atomic mass is 9.78. The van der Waals surface area contributed by atoms with E-state index in [-0.39, 0.29) is 0 Å². The molecule has 116 valence electrons. The molecule has 3 nitrogen and oxygen atoms in total. The third kappa shape index (κ3) is 3.09. The van der Waals surface area contributed by atoms with Crippen LogP contribution in [0.25, 0.3) is 0 Å². The van der Waals surface area contributed by atoms with Crippen molar-refractivity contribution in [3.63, 3.8) is 0 Å². The van der Waals surface area contributed by atoms with Crippen LogP contribution >= 0.6 is 0 Å². The highest BCUT2D eigenvalue weighted by Gasteiger charge is 2.30. The number of benzene rings is 1. The molecule has 0 spiro atoms. The quantitative estimate of drug-likeness (QED) is 0.860. The molecule has 0 amide bonds. The van der Waals surface area contributed by atoms with E-state index in [1.807, 2.05) is 12.5 Å². The highest BCUT2D eigenvalue weighted by molar-refractivity contribution is 5.16. The van der Waals surface area contributed by atoms with Crippen molar-refractivity contribution < 1.29 is 0 Å². The molecule has 1 saturated heterocycles. The Kier molecular flexibility index (Phi) is 3.98. The van der Waals surface area contributed by atoms with Gasteiger partial charge in [-0.2, -0.15) is 0 Å². The Hall–Kier alpha value is -1.61. The van der Waals surface area contributed by atoms with Crippen molar-refractivity contribution in [1.29, 1.82) is 0 Å². The van der Waals surface area contributed by atoms with Gasteiger partial charge in [-0.15, -0.1) is 0 Å². The minimum Gasteiger partial charge on any atom is -0.329 e. The summed E-state index contributed by atoms with van der Waals surface area (Å²) >= 11 is 0. The number of rotatable bonds is 4. The third-order valence-electron chi connectivity index (χ3n) is 5.30. The van der Waals surface area contributed by atoms with Crippen LogP contribution in [0.2, 0.25) is 0 Å². The summed E-state index contributed by atoms with van der Waals surface area (Å²) in [6.45, 7) is 4.55. The zero-order valence-corrected chi connectivity index (χ0v) is 13.2. The van der Waals surface area contributed by atoms with Crippen LogP contribution in [0.15, 0.2) is 42.9 Å². The fraction of sp³-hybridized carbons (Fsp3) is 0.526. The molecule has 0 radical (unpaired) electrons. The molecule has 2 aromatic rings. The summed E-state index contributed by atoms with van der Waals surface area (Å²) in [5, 5.41) is 0. The second-order valence-corrected chi connectivity index (χ2v) is 7.09. The first-order valence-electron chi connectivity index (χ1n) is 8.62. The first-order valence-corrected chi connectivity index (χ1v) is 8.62. The van der Waals surface area contributed by atoms with Gasteiger partial charge in [0.15, 0.2) is 0 Å². The average molecular weight is 295 g/mol. The van der Waals surface area contributed by atoms with E-state index in [4.69, 9.17) is 0 Å². The predicted octanol–water partition coefficient (Wildman–Crippen LogP) is 3.55. The van der Waals surface area contributed by atoms with E-state index in [1.165, 1.54) is 50.0 Å². The molecule has 22 heavy (non-hydrogen) atoms. The Morgan fingerprint density at radius 1 is 1.00 bits per heavy atom. The first kappa shape index (κ1) is 14.0. The Labute approximate surface area is 133 Å². The van der Waals surface area contributed by atoms with Crippen molar-refractivity contribution in [2.75, 3.05) is 13.1 Å². The minimum atomic E-state index is 0.927. The number of fused-ring (bicyclic) bond motifs is 2. The van der Waals surface area contributed by atoms with Gasteiger partial charge in [-0.25, -0.2) is 4.98 Å². The van der Waals surface area contributed by atoms with Crippen molar-refractivity contribution in [3.05, 3.63) is 54.1 Å². The molecule has 2 heterocycles. The van der Waals surface area contributed by atoms with Crippen LogP contribution in [0, 0.1) is 11.8 Å². The summed E-state index contributed by atoms with van der Waals surface area (Å²) in [6, 6.07) is 10.7. The molecule has 4 rings (SSSR count). The number of hydrogen-bond donors (Lipinski definition) is 0. The molecule has 1 aromatic heterocycles. The fourth-order valence-corrected chi connectivity index (χ4v) is 4.30. The average Bonchev–Trinajstić information content (AvgIpc) is 2.95. The zero-order chi connectivity index (χ0) is 14.8. The lowest BCUT2D eigenvalue weighted by Crippen LogP contribution is -2.42. The van der Waals surface area contributed by atoms with Gasteiger partial charge in [0.2, 0.25) is 0 Å². The van der Waals surface area contributed by atoms with E-state index in [0.29, 0.717) is 0 Å². The van der Waals surface area contributed by atoms with Crippen molar-refractivity contribution in [2.24, 2.45) is 11.8 Å². The second kappa shape index (κ2) is 6.25. The number of piperidine rings is 1. The monoisotopic (exact) mass is 295 g/mol. The molecule has 0 N–H and O–H groups in total. The number of hydrogen-bond acceptors (Lipinski definition) is 2. The Morgan fingerprint density at radius 3 is 2.55 bits per heavy atom. The lowest BCUT2D eigenvalue weighted by molar-refractivity contribution is 0.0791. The van der Waals surface area contributed by atoms with Crippen LogP contribution in [0.3, 0.4) is 0 Å². The molecule has 1 aliphatic heterocycles. The number of likely N-dealkylation sites (tertiary alicyclic amines) is 1. The number of aromatic nitrogens is 2. The van der Waals surface area contributed by atoms with E-state index in [9.17, 15) is 0 Å². The van der Waals surface area contributed by atoms with Crippen molar-refractivity contribution in [3.8, 4) is 0 Å². The first-order chi connectivity index (χ1) is 10.9. The highest BCUT2D eigenvalue weighted by Crippen LogP contribution is 2.34. The van der Waals surface area contributed by atoms with Gasteiger partial charge in [0.05, 0.1) is 12.0 Å². The van der Waals surface area contributed by atoms with Gasteiger partial charge in [0.1, 0.15) is 0 Å². The van der Waals surface area contributed by atoms with E-state index in [0.717, 1.165) is 24.9 Å². The summed E-state index contributed by atoms with van der Waals surface area (Å²) in [6.07, 6.45) is 9.84. The van der Waals surface area contributed by atoms with E-state index >= 15 is 0 Å². The van der Waals surface area contributed by atoms with E-state index in [2.05, 4.69) is 44.8 Å². The van der Waals surface area contributed by atoms with E-state index < -0.39 is 0 Å². The highest BCUT2D eigenvalue weighted by atomic mass is 15.2. The van der Waals surface area contributed by atoms with Crippen LogP contribution < -0.4 is 0 Å². The summed E-state index contributed by atoms with van der Waals surface area (Å²) in [5.74, 6) is 1.89. The van der Waals surface area contributed by atoms with Gasteiger partial charge >= 0.3 is 0 Å². The van der Waals surface area contributed by atoms with Crippen LogP contribution in [0.4, 0.5) is 0 Å². The molecule has 0 unspecified atom stereocenters. The summed E-state index contributed by atoms with van der Waals surface area (Å²) in [5.41, 5.74) is 2.70. The molecule has 3 heteroatoms. The molecule has 2 fully saturated rings. The van der Waals surface area contributed by atoms with Crippen LogP contribution in [0.1, 0.15) is 36.9 Å². The van der Waals surface area contributed by atoms with Crippen LogP contribution in [-0.4, -0.2) is 27.5 Å². The molecule has 1 aromatic carbocycles. The normalized spacial score (nSPS) is 25.3. The Balaban J connectivity index is 1.44. The van der Waals surface area contributed by atoms with Gasteiger partial charge in [-0.1, -0.05) is 36.8 Å². The molecule has 2 aliphatic rings. The molecule has 2 atom stereocenters. The third-order valence-corrected chi connectivity index (χ3v) is 5.30. The molecule has 1 saturated carbocycles. The maximum atomic E-state index is 4.39. The predicted molar refractivity (Wildman–Crippen MR) is 88.5 cm³/mol. The lowest BCUT2D eigenvalue weighted by Gasteiger charge is -2.41. The van der Waals surface area contributed by atoms with E-state index in [1.54, 1.807) is 0 Å². The van der Waals surface area contributed by atoms with Gasteiger partial charge < -0.3 is 4.57 Å². The fourth-order valence-electron chi connectivity index (χ4n) is 4.30. The van der Waals surface area contributed by atoms with Gasteiger partial charge in [0.25, 0.3) is 0 Å². The van der Waals surface area contributed by atoms with Crippen molar-refractivity contribution >= 4 is 0 Å². The number of imidazole rings is 1. The maximum Gasteiger partial charge on any atom is 0.0951 e. The second-order valence-electron chi connectivity index (χ2n) is 7.09. The molecular formula is C19H25N3. The summed E-state index contributed by atoms with van der Waals surface area (Å²) < 4.78 is 2.31. The minimum absolute atomic E-state index is 0.927. The van der Waals surface area contributed by atoms with Gasteiger partial charge in [0, 0.05) is 32.4 Å². The van der Waals surface area contributed by atoms with Crippen LogP contribution in [-0.2, 0) is 13.1 Å². The van der Waals surface area contributed by atoms with Crippen molar-refractivity contribution in [1.82, 2.24) is 14.5 Å². The Morgan fingerprint density at radius 2 is 1.77 bits per heavy atom. The molecular weight excluding hydrogens is 270 g/mol. The topological polar surface area (TPSA) is 21.1 Å². The SMILES string of the molecule is c1ccc(Cn2cncc2CN2C[C@@H]3CCC[C@H](C3)C2)cc1.